The molecule has 45 heavy (non-hydrogen) atoms. The molecule has 0 aromatic heterocycles. The van der Waals surface area contributed by atoms with E-state index in [1.807, 2.05) is 104 Å². The van der Waals surface area contributed by atoms with Crippen LogP contribution in [0.3, 0.4) is 0 Å². The van der Waals surface area contributed by atoms with Crippen molar-refractivity contribution in [2.75, 3.05) is 10.6 Å². The molecule has 0 saturated carbocycles. The van der Waals surface area contributed by atoms with Crippen LogP contribution in [0.25, 0.3) is 6.08 Å². The molecular weight excluding hydrogens is 693 g/mol. The lowest BCUT2D eigenvalue weighted by Crippen LogP contribution is -2.30. The van der Waals surface area contributed by atoms with Gasteiger partial charge in [0.25, 0.3) is 11.8 Å². The van der Waals surface area contributed by atoms with Crippen LogP contribution in [0, 0.1) is 10.5 Å². The molecule has 0 bridgehead atoms. The minimum Gasteiger partial charge on any atom is -0.325 e. The van der Waals surface area contributed by atoms with E-state index in [4.69, 9.17) is 0 Å². The topological polar surface area (TPSA) is 87.3 Å². The van der Waals surface area contributed by atoms with E-state index >= 15 is 0 Å². The van der Waals surface area contributed by atoms with E-state index in [1.54, 1.807) is 42.5 Å². The second-order valence-electron chi connectivity index (χ2n) is 10.1. The highest BCUT2D eigenvalue weighted by Crippen LogP contribution is 2.37. The van der Waals surface area contributed by atoms with Gasteiger partial charge in [-0.3, -0.25) is 14.4 Å². The number of thioether (sulfide) groups is 1. The number of aryl methyl sites for hydroxylation is 1. The molecule has 5 aromatic carbocycles. The molecular formula is C37H30IN3O3S. The first-order chi connectivity index (χ1) is 21.9. The molecule has 0 aliphatic heterocycles. The van der Waals surface area contributed by atoms with E-state index in [9.17, 15) is 14.4 Å². The lowest BCUT2D eigenvalue weighted by Gasteiger charge is -2.17. The molecule has 0 heterocycles. The van der Waals surface area contributed by atoms with Gasteiger partial charge in [0.1, 0.15) is 10.9 Å². The zero-order chi connectivity index (χ0) is 31.6. The average molecular weight is 724 g/mol. The largest absolute Gasteiger partial charge is 0.325 e. The van der Waals surface area contributed by atoms with Crippen LogP contribution in [0.5, 0.6) is 0 Å². The van der Waals surface area contributed by atoms with Crippen molar-refractivity contribution in [1.29, 1.82) is 0 Å². The summed E-state index contributed by atoms with van der Waals surface area (Å²) in [6.07, 6.45) is 1.67. The smallest absolute Gasteiger partial charge is 0.272 e. The molecule has 0 fully saturated rings. The first-order valence-electron chi connectivity index (χ1n) is 14.2. The van der Waals surface area contributed by atoms with Crippen molar-refractivity contribution in [3.63, 3.8) is 0 Å². The Morgan fingerprint density at radius 3 is 1.93 bits per heavy atom. The number of anilines is 2. The highest BCUT2D eigenvalue weighted by molar-refractivity contribution is 14.1. The molecule has 1 atom stereocenters. The molecule has 5 rings (SSSR count). The van der Waals surface area contributed by atoms with E-state index in [-0.39, 0.29) is 17.5 Å². The van der Waals surface area contributed by atoms with Gasteiger partial charge in [0, 0.05) is 25.4 Å². The molecule has 6 nitrogen and oxygen atoms in total. The fourth-order valence-corrected chi connectivity index (χ4v) is 5.82. The van der Waals surface area contributed by atoms with Gasteiger partial charge in [-0.15, -0.1) is 11.8 Å². The highest BCUT2D eigenvalue weighted by atomic mass is 127. The van der Waals surface area contributed by atoms with Crippen molar-refractivity contribution in [3.8, 4) is 0 Å². The lowest BCUT2D eigenvalue weighted by molar-refractivity contribution is -0.116. The summed E-state index contributed by atoms with van der Waals surface area (Å²) in [6, 6.07) is 41.0. The van der Waals surface area contributed by atoms with Crippen molar-refractivity contribution < 1.29 is 14.4 Å². The summed E-state index contributed by atoms with van der Waals surface area (Å²) < 4.78 is 1.09. The molecule has 3 N–H and O–H groups in total. The highest BCUT2D eigenvalue weighted by Gasteiger charge is 2.22. The van der Waals surface area contributed by atoms with Gasteiger partial charge in [0.05, 0.1) is 0 Å². The molecule has 0 aliphatic carbocycles. The van der Waals surface area contributed by atoms with Gasteiger partial charge in [-0.2, -0.15) is 0 Å². The summed E-state index contributed by atoms with van der Waals surface area (Å²) in [5.41, 5.74) is 4.51. The van der Waals surface area contributed by atoms with Crippen LogP contribution in [-0.2, 0) is 9.59 Å². The molecule has 1 unspecified atom stereocenters. The maximum Gasteiger partial charge on any atom is 0.272 e. The summed E-state index contributed by atoms with van der Waals surface area (Å²) in [5, 5.41) is 8.21. The Morgan fingerprint density at radius 2 is 1.27 bits per heavy atom. The van der Waals surface area contributed by atoms with Gasteiger partial charge in [-0.1, -0.05) is 72.8 Å². The summed E-state index contributed by atoms with van der Waals surface area (Å²) in [7, 11) is 0. The number of carbonyl (C=O) groups excluding carboxylic acids is 3. The van der Waals surface area contributed by atoms with Crippen LogP contribution in [-0.4, -0.2) is 17.7 Å². The van der Waals surface area contributed by atoms with Crippen LogP contribution in [0.1, 0.15) is 32.3 Å². The van der Waals surface area contributed by atoms with Crippen molar-refractivity contribution >= 4 is 69.5 Å². The fraction of sp³-hybridized carbons (Fsp3) is 0.0541. The third-order valence-electron chi connectivity index (χ3n) is 6.84. The number of benzene rings is 5. The predicted molar refractivity (Wildman–Crippen MR) is 191 cm³/mol. The maximum atomic E-state index is 13.5. The number of hydrogen-bond donors (Lipinski definition) is 3. The second-order valence-corrected chi connectivity index (χ2v) is 12.5. The van der Waals surface area contributed by atoms with Gasteiger partial charge in [-0.05, 0) is 113 Å². The van der Waals surface area contributed by atoms with E-state index in [0.29, 0.717) is 11.3 Å². The number of hydrogen-bond acceptors (Lipinski definition) is 4. The Hall–Kier alpha value is -4.67. The average Bonchev–Trinajstić information content (AvgIpc) is 3.06. The molecule has 224 valence electrons. The molecule has 8 heteroatoms. The van der Waals surface area contributed by atoms with Crippen molar-refractivity contribution in [2.24, 2.45) is 0 Å². The van der Waals surface area contributed by atoms with Gasteiger partial charge < -0.3 is 16.0 Å². The van der Waals surface area contributed by atoms with Crippen LogP contribution >= 0.6 is 34.4 Å². The Labute approximate surface area is 280 Å². The normalized spacial score (nSPS) is 11.7. The van der Waals surface area contributed by atoms with Crippen LogP contribution in [0.4, 0.5) is 11.4 Å². The Kier molecular flexibility index (Phi) is 10.8. The third kappa shape index (κ3) is 8.93. The molecule has 0 spiro atoms. The molecule has 3 amide bonds. The Balaban J connectivity index is 1.33. The number of nitrogens with one attached hydrogen (secondary N) is 3. The predicted octanol–water partition coefficient (Wildman–Crippen LogP) is 8.48. The Morgan fingerprint density at radius 1 is 0.689 bits per heavy atom. The van der Waals surface area contributed by atoms with Crippen molar-refractivity contribution in [2.45, 2.75) is 17.1 Å². The zero-order valence-corrected chi connectivity index (χ0v) is 27.3. The van der Waals surface area contributed by atoms with Crippen molar-refractivity contribution in [1.82, 2.24) is 5.32 Å². The monoisotopic (exact) mass is 723 g/mol. The molecule has 0 aliphatic rings. The van der Waals surface area contributed by atoms with Crippen LogP contribution < -0.4 is 16.0 Å². The van der Waals surface area contributed by atoms with Gasteiger partial charge in [0.2, 0.25) is 5.91 Å². The fourth-order valence-electron chi connectivity index (χ4n) is 4.44. The maximum absolute atomic E-state index is 13.5. The number of carbonyl (C=O) groups is 3. The van der Waals surface area contributed by atoms with Crippen molar-refractivity contribution in [3.05, 3.63) is 165 Å². The van der Waals surface area contributed by atoms with E-state index < -0.39 is 11.2 Å². The quantitative estimate of drug-likeness (QED) is 0.0767. The van der Waals surface area contributed by atoms with Gasteiger partial charge in [0.15, 0.2) is 0 Å². The lowest BCUT2D eigenvalue weighted by atomic mass is 10.1. The third-order valence-corrected chi connectivity index (χ3v) is 8.82. The summed E-state index contributed by atoms with van der Waals surface area (Å²) in [5.74, 6) is -0.972. The SMILES string of the molecule is Cc1ccccc1/C=C(\NC(=O)c1ccccc1)C(=O)Nc1ccc(SC(C(=O)Nc2ccc(I)cc2)c2ccccc2)cc1. The number of amides is 3. The molecule has 5 aromatic rings. The Bertz CT molecular complexity index is 1810. The minimum atomic E-state index is -0.497. The van der Waals surface area contributed by atoms with E-state index in [0.717, 1.165) is 30.8 Å². The summed E-state index contributed by atoms with van der Waals surface area (Å²) in [4.78, 5) is 40.7. The van der Waals surface area contributed by atoms with E-state index in [2.05, 4.69) is 38.5 Å². The van der Waals surface area contributed by atoms with Crippen LogP contribution in [0.15, 0.2) is 144 Å². The van der Waals surface area contributed by atoms with Gasteiger partial charge >= 0.3 is 0 Å². The standard InChI is InChI=1S/C37H30IN3O3S/c1-25-10-8-9-15-28(25)24-33(41-35(42)27-13-6-3-7-14-27)36(43)39-31-20-22-32(23-21-31)45-34(26-11-4-2-5-12-26)37(44)40-30-18-16-29(38)17-19-30/h2-24,34H,1H3,(H,39,43)(H,40,44)(H,41,42)/b33-24-. The van der Waals surface area contributed by atoms with E-state index in [1.165, 1.54) is 11.8 Å². The van der Waals surface area contributed by atoms with Gasteiger partial charge in [-0.25, -0.2) is 0 Å². The summed E-state index contributed by atoms with van der Waals surface area (Å²) in [6.45, 7) is 1.94. The first kappa shape index (κ1) is 31.7. The van der Waals surface area contributed by atoms with Crippen LogP contribution in [0.2, 0.25) is 0 Å². The number of rotatable bonds is 10. The number of halogens is 1. The zero-order valence-electron chi connectivity index (χ0n) is 24.4. The minimum absolute atomic E-state index is 0.119. The summed E-state index contributed by atoms with van der Waals surface area (Å²) >= 11 is 3.65. The first-order valence-corrected chi connectivity index (χ1v) is 16.1. The second kappa shape index (κ2) is 15.4. The molecule has 0 radical (unpaired) electrons. The molecule has 0 saturated heterocycles.